The number of primary sulfonamides is 1. The number of nitrogens with zero attached hydrogens (tertiary/aromatic N) is 1. The summed E-state index contributed by atoms with van der Waals surface area (Å²) < 4.78 is 22.7. The van der Waals surface area contributed by atoms with E-state index in [-0.39, 0.29) is 4.90 Å². The fraction of sp³-hybridized carbons (Fsp3) is 0.600. The number of likely N-dealkylation sites (tertiary alicyclic amines) is 1. The van der Waals surface area contributed by atoms with E-state index < -0.39 is 10.0 Å². The molecule has 1 aliphatic heterocycles. The van der Waals surface area contributed by atoms with Gasteiger partial charge in [0.1, 0.15) is 0 Å². The molecule has 0 aromatic heterocycles. The van der Waals surface area contributed by atoms with Crippen LogP contribution < -0.4 is 10.5 Å². The minimum Gasteiger partial charge on any atom is -0.310 e. The first kappa shape index (κ1) is 16.4. The van der Waals surface area contributed by atoms with Gasteiger partial charge in [0.05, 0.1) is 4.90 Å². The minimum atomic E-state index is -3.63. The Labute approximate surface area is 127 Å². The van der Waals surface area contributed by atoms with Crippen molar-refractivity contribution in [2.75, 3.05) is 20.1 Å². The van der Waals surface area contributed by atoms with Crippen molar-refractivity contribution in [3.63, 3.8) is 0 Å². The maximum absolute atomic E-state index is 11.4. The summed E-state index contributed by atoms with van der Waals surface area (Å²) in [5, 5.41) is 8.67. The molecule has 0 spiro atoms. The van der Waals surface area contributed by atoms with Gasteiger partial charge in [-0.1, -0.05) is 12.1 Å². The molecule has 118 valence electrons. The van der Waals surface area contributed by atoms with Crippen LogP contribution in [0.3, 0.4) is 0 Å². The number of nitrogens with one attached hydrogen (secondary N) is 1. The van der Waals surface area contributed by atoms with Crippen LogP contribution in [0, 0.1) is 5.92 Å². The summed E-state index contributed by atoms with van der Waals surface area (Å²) >= 11 is 0. The maximum Gasteiger partial charge on any atom is 0.238 e. The number of hydrogen-bond donors (Lipinski definition) is 2. The Balaban J connectivity index is 1.93. The van der Waals surface area contributed by atoms with Gasteiger partial charge in [0.15, 0.2) is 0 Å². The Hall–Kier alpha value is -0.950. The Kier molecular flexibility index (Phi) is 5.37. The summed E-state index contributed by atoms with van der Waals surface area (Å²) in [5.41, 5.74) is 0.942. The summed E-state index contributed by atoms with van der Waals surface area (Å²) in [5.74, 6) is 0.644. The van der Waals surface area contributed by atoms with E-state index in [1.807, 2.05) is 6.07 Å². The molecule has 0 saturated carbocycles. The van der Waals surface area contributed by atoms with Gasteiger partial charge in [0.2, 0.25) is 10.0 Å². The molecular weight excluding hydrogens is 286 g/mol. The van der Waals surface area contributed by atoms with Crippen molar-refractivity contribution in [3.8, 4) is 0 Å². The van der Waals surface area contributed by atoms with E-state index in [0.717, 1.165) is 12.1 Å². The molecule has 5 nitrogen and oxygen atoms in total. The lowest BCUT2D eigenvalue weighted by Gasteiger charge is -2.34. The molecule has 0 radical (unpaired) electrons. The number of nitrogens with two attached hydrogens (primary N) is 1. The number of hydrogen-bond acceptors (Lipinski definition) is 4. The van der Waals surface area contributed by atoms with Gasteiger partial charge in [-0.3, -0.25) is 0 Å². The van der Waals surface area contributed by atoms with E-state index >= 15 is 0 Å². The topological polar surface area (TPSA) is 75.4 Å². The lowest BCUT2D eigenvalue weighted by Crippen LogP contribution is -2.42. The summed E-state index contributed by atoms with van der Waals surface area (Å²) in [6.07, 6.45) is 2.49. The Morgan fingerprint density at radius 3 is 2.90 bits per heavy atom. The number of piperidine rings is 1. The fourth-order valence-electron chi connectivity index (χ4n) is 2.89. The predicted octanol–water partition coefficient (Wildman–Crippen LogP) is 1.15. The van der Waals surface area contributed by atoms with Crippen LogP contribution >= 0.6 is 0 Å². The molecule has 0 bridgehead atoms. The average molecular weight is 311 g/mol. The third-order valence-corrected chi connectivity index (χ3v) is 5.13. The van der Waals surface area contributed by atoms with Crippen LogP contribution in [-0.4, -0.2) is 39.5 Å². The van der Waals surface area contributed by atoms with E-state index in [1.165, 1.54) is 25.5 Å². The second-order valence-corrected chi connectivity index (χ2v) is 7.59. The van der Waals surface area contributed by atoms with Crippen molar-refractivity contribution in [2.24, 2.45) is 11.1 Å². The molecule has 6 heteroatoms. The van der Waals surface area contributed by atoms with E-state index in [2.05, 4.69) is 24.2 Å². The summed E-state index contributed by atoms with van der Waals surface area (Å²) in [4.78, 5) is 2.54. The summed E-state index contributed by atoms with van der Waals surface area (Å²) in [6.45, 7) is 5.16. The molecule has 1 aromatic carbocycles. The predicted molar refractivity (Wildman–Crippen MR) is 84.3 cm³/mol. The van der Waals surface area contributed by atoms with Crippen molar-refractivity contribution in [1.82, 2.24) is 10.2 Å². The highest BCUT2D eigenvalue weighted by Gasteiger charge is 2.22. The van der Waals surface area contributed by atoms with Gasteiger partial charge in [-0.2, -0.15) is 0 Å². The van der Waals surface area contributed by atoms with E-state index in [0.29, 0.717) is 18.5 Å². The standard InChI is InChI=1S/C15H25N3O2S/c1-12(14-6-4-8-18(2)11-14)17-10-13-5-3-7-15(9-13)21(16,19)20/h3,5,7,9,12,14,17H,4,6,8,10-11H2,1-2H3,(H2,16,19,20). The van der Waals surface area contributed by atoms with Crippen LogP contribution in [0.2, 0.25) is 0 Å². The third kappa shape index (κ3) is 4.78. The summed E-state index contributed by atoms with van der Waals surface area (Å²) in [7, 11) is -1.46. The molecule has 0 amide bonds. The van der Waals surface area contributed by atoms with Crippen LogP contribution in [0.5, 0.6) is 0 Å². The third-order valence-electron chi connectivity index (χ3n) is 4.22. The second-order valence-electron chi connectivity index (χ2n) is 6.03. The molecule has 21 heavy (non-hydrogen) atoms. The van der Waals surface area contributed by atoms with Gasteiger partial charge in [0, 0.05) is 19.1 Å². The van der Waals surface area contributed by atoms with Crippen LogP contribution in [0.25, 0.3) is 0 Å². The van der Waals surface area contributed by atoms with Crippen molar-refractivity contribution in [3.05, 3.63) is 29.8 Å². The molecule has 1 fully saturated rings. The van der Waals surface area contributed by atoms with Crippen molar-refractivity contribution in [2.45, 2.75) is 37.2 Å². The average Bonchev–Trinajstić information content (AvgIpc) is 2.44. The second kappa shape index (κ2) is 6.87. The zero-order chi connectivity index (χ0) is 15.5. The number of rotatable bonds is 5. The van der Waals surface area contributed by atoms with Crippen molar-refractivity contribution < 1.29 is 8.42 Å². The molecule has 2 rings (SSSR count). The largest absolute Gasteiger partial charge is 0.310 e. The highest BCUT2D eigenvalue weighted by Crippen LogP contribution is 2.19. The molecule has 1 aliphatic rings. The normalized spacial score (nSPS) is 22.1. The molecule has 1 aromatic rings. The molecule has 1 saturated heterocycles. The zero-order valence-corrected chi connectivity index (χ0v) is 13.6. The quantitative estimate of drug-likeness (QED) is 0.855. The molecule has 3 N–H and O–H groups in total. The first-order valence-electron chi connectivity index (χ1n) is 7.40. The monoisotopic (exact) mass is 311 g/mol. The number of sulfonamides is 1. The van der Waals surface area contributed by atoms with Gasteiger partial charge in [0.25, 0.3) is 0 Å². The van der Waals surface area contributed by atoms with Gasteiger partial charge in [-0.15, -0.1) is 0 Å². The maximum atomic E-state index is 11.4. The smallest absolute Gasteiger partial charge is 0.238 e. The fourth-order valence-corrected chi connectivity index (χ4v) is 3.48. The van der Waals surface area contributed by atoms with Crippen molar-refractivity contribution >= 4 is 10.0 Å². The minimum absolute atomic E-state index is 0.173. The molecule has 0 aliphatic carbocycles. The van der Waals surface area contributed by atoms with Gasteiger partial charge in [-0.25, -0.2) is 13.6 Å². The highest BCUT2D eigenvalue weighted by molar-refractivity contribution is 7.89. The zero-order valence-electron chi connectivity index (χ0n) is 12.7. The SMILES string of the molecule is CC(NCc1cccc(S(N)(=O)=O)c1)C1CCCN(C)C1. The Bertz CT molecular complexity index is 574. The van der Waals surface area contributed by atoms with Gasteiger partial charge >= 0.3 is 0 Å². The molecule has 2 unspecified atom stereocenters. The lowest BCUT2D eigenvalue weighted by atomic mass is 9.92. The van der Waals surface area contributed by atoms with Crippen LogP contribution in [0.1, 0.15) is 25.3 Å². The van der Waals surface area contributed by atoms with Crippen LogP contribution in [0.4, 0.5) is 0 Å². The Morgan fingerprint density at radius 2 is 2.24 bits per heavy atom. The lowest BCUT2D eigenvalue weighted by molar-refractivity contribution is 0.178. The van der Waals surface area contributed by atoms with Crippen LogP contribution in [0.15, 0.2) is 29.2 Å². The molecule has 1 heterocycles. The van der Waals surface area contributed by atoms with E-state index in [4.69, 9.17) is 5.14 Å². The first-order chi connectivity index (χ1) is 9.86. The first-order valence-corrected chi connectivity index (χ1v) is 8.94. The Morgan fingerprint density at radius 1 is 1.48 bits per heavy atom. The van der Waals surface area contributed by atoms with Crippen molar-refractivity contribution in [1.29, 1.82) is 0 Å². The molecular formula is C15H25N3O2S. The number of benzene rings is 1. The molecule has 2 atom stereocenters. The van der Waals surface area contributed by atoms with Crippen LogP contribution in [-0.2, 0) is 16.6 Å². The van der Waals surface area contributed by atoms with Gasteiger partial charge in [-0.05, 0) is 57.0 Å². The van der Waals surface area contributed by atoms with E-state index in [1.54, 1.807) is 12.1 Å². The van der Waals surface area contributed by atoms with E-state index in [9.17, 15) is 8.42 Å². The summed E-state index contributed by atoms with van der Waals surface area (Å²) in [6, 6.07) is 7.23. The highest BCUT2D eigenvalue weighted by atomic mass is 32.2. The van der Waals surface area contributed by atoms with Gasteiger partial charge < -0.3 is 10.2 Å².